The Morgan fingerprint density at radius 1 is 1.24 bits per heavy atom. The average Bonchev–Trinajstić information content (AvgIpc) is 2.99. The third-order valence-electron chi connectivity index (χ3n) is 7.62. The Bertz CT molecular complexity index is 617. The van der Waals surface area contributed by atoms with E-state index in [1.54, 1.807) is 16.7 Å². The summed E-state index contributed by atoms with van der Waals surface area (Å²) in [6.45, 7) is 4.68. The molecule has 1 spiro atoms. The van der Waals surface area contributed by atoms with E-state index in [-0.39, 0.29) is 0 Å². The van der Waals surface area contributed by atoms with E-state index in [0.29, 0.717) is 10.7 Å². The molecule has 5 aliphatic carbocycles. The van der Waals surface area contributed by atoms with E-state index in [2.05, 4.69) is 26.0 Å². The summed E-state index contributed by atoms with van der Waals surface area (Å²) >= 11 is 4.89. The number of hydrogen-bond acceptors (Lipinski definition) is 1. The van der Waals surface area contributed by atoms with Crippen LogP contribution in [-0.2, 0) is 11.8 Å². The first-order valence-electron chi connectivity index (χ1n) is 8.94. The third-order valence-corrected chi connectivity index (χ3v) is 8.00. The molecule has 0 aromatic heterocycles. The molecule has 0 N–H and O–H groups in total. The van der Waals surface area contributed by atoms with E-state index in [0.717, 1.165) is 23.7 Å². The maximum atomic E-state index is 4.89. The zero-order valence-corrected chi connectivity index (χ0v) is 14.1. The van der Waals surface area contributed by atoms with Crippen molar-refractivity contribution in [2.24, 2.45) is 23.7 Å². The van der Waals surface area contributed by atoms with Crippen LogP contribution in [0.25, 0.3) is 0 Å². The number of fused-ring (bicyclic) bond motifs is 3. The van der Waals surface area contributed by atoms with Gasteiger partial charge in [-0.05, 0) is 85.0 Å². The van der Waals surface area contributed by atoms with Gasteiger partial charge in [-0.3, -0.25) is 0 Å². The van der Waals surface area contributed by atoms with Gasteiger partial charge in [0.15, 0.2) is 0 Å². The van der Waals surface area contributed by atoms with Crippen molar-refractivity contribution in [3.63, 3.8) is 0 Å². The Labute approximate surface area is 134 Å². The second-order valence-corrected chi connectivity index (χ2v) is 9.17. The molecule has 3 fully saturated rings. The fraction of sp³-hybridized carbons (Fsp3) is 0.700. The monoisotopic (exact) mass is 298 g/mol. The average molecular weight is 298 g/mol. The summed E-state index contributed by atoms with van der Waals surface area (Å²) in [6, 6.07) is 4.85. The van der Waals surface area contributed by atoms with E-state index >= 15 is 0 Å². The summed E-state index contributed by atoms with van der Waals surface area (Å²) in [6.07, 6.45) is 8.73. The van der Waals surface area contributed by atoms with Gasteiger partial charge in [-0.2, -0.15) is 12.6 Å². The summed E-state index contributed by atoms with van der Waals surface area (Å²) in [5.74, 6) is 3.69. The molecule has 0 radical (unpaired) electrons. The Hall–Kier alpha value is -0.430. The van der Waals surface area contributed by atoms with Gasteiger partial charge in [-0.1, -0.05) is 25.5 Å². The zero-order chi connectivity index (χ0) is 14.4. The molecule has 1 aromatic rings. The third kappa shape index (κ3) is 1.49. The molecule has 6 unspecified atom stereocenters. The van der Waals surface area contributed by atoms with Crippen LogP contribution in [0.5, 0.6) is 0 Å². The van der Waals surface area contributed by atoms with Gasteiger partial charge in [0, 0.05) is 10.7 Å². The number of benzene rings is 1. The maximum Gasteiger partial charge on any atom is 0.0246 e. The van der Waals surface area contributed by atoms with Crippen LogP contribution in [0.1, 0.15) is 61.3 Å². The number of hydrogen-bond donors (Lipinski definition) is 1. The van der Waals surface area contributed by atoms with Crippen LogP contribution in [0.4, 0.5) is 0 Å². The highest BCUT2D eigenvalue weighted by Gasteiger charge is 2.64. The Morgan fingerprint density at radius 2 is 2.10 bits per heavy atom. The van der Waals surface area contributed by atoms with Crippen molar-refractivity contribution in [2.45, 2.75) is 63.0 Å². The fourth-order valence-electron chi connectivity index (χ4n) is 6.60. The van der Waals surface area contributed by atoms with E-state index in [1.165, 1.54) is 38.5 Å². The summed E-state index contributed by atoms with van der Waals surface area (Å²) in [5.41, 5.74) is 7.40. The van der Waals surface area contributed by atoms with Crippen LogP contribution in [-0.4, -0.2) is 5.25 Å². The van der Waals surface area contributed by atoms with Crippen molar-refractivity contribution in [2.75, 3.05) is 0 Å². The second kappa shape index (κ2) is 4.10. The van der Waals surface area contributed by atoms with Crippen LogP contribution in [0, 0.1) is 30.6 Å². The largest absolute Gasteiger partial charge is 0.176 e. The Morgan fingerprint density at radius 3 is 2.90 bits per heavy atom. The number of aryl methyl sites for hydroxylation is 1. The SMILES string of the molecule is Cc1ccc2c3c1CC1C4CCC(CCC231)CC4C(C)S. The van der Waals surface area contributed by atoms with Crippen molar-refractivity contribution >= 4 is 12.6 Å². The first-order chi connectivity index (χ1) is 10.1. The van der Waals surface area contributed by atoms with Crippen LogP contribution in [0.3, 0.4) is 0 Å². The molecule has 112 valence electrons. The van der Waals surface area contributed by atoms with Gasteiger partial charge in [0.2, 0.25) is 0 Å². The van der Waals surface area contributed by atoms with Crippen molar-refractivity contribution in [1.82, 2.24) is 0 Å². The van der Waals surface area contributed by atoms with Gasteiger partial charge >= 0.3 is 0 Å². The van der Waals surface area contributed by atoms with Gasteiger partial charge in [-0.15, -0.1) is 0 Å². The molecule has 3 saturated carbocycles. The minimum absolute atomic E-state index is 0.536. The molecule has 1 aromatic carbocycles. The fourth-order valence-corrected chi connectivity index (χ4v) is 6.94. The molecule has 5 aliphatic rings. The van der Waals surface area contributed by atoms with Crippen LogP contribution in [0.2, 0.25) is 0 Å². The Balaban J connectivity index is 1.62. The smallest absolute Gasteiger partial charge is 0.0246 e. The maximum absolute atomic E-state index is 4.89. The van der Waals surface area contributed by atoms with Gasteiger partial charge in [0.1, 0.15) is 0 Å². The summed E-state index contributed by atoms with van der Waals surface area (Å²) in [5, 5.41) is 0.575. The molecule has 1 heteroatoms. The van der Waals surface area contributed by atoms with E-state index in [9.17, 15) is 0 Å². The molecule has 0 nitrogen and oxygen atoms in total. The lowest BCUT2D eigenvalue weighted by Gasteiger charge is -2.47. The Kier molecular flexibility index (Phi) is 2.55. The van der Waals surface area contributed by atoms with Crippen LogP contribution < -0.4 is 0 Å². The summed E-state index contributed by atoms with van der Waals surface area (Å²) < 4.78 is 0. The quantitative estimate of drug-likeness (QED) is 0.700. The van der Waals surface area contributed by atoms with Crippen LogP contribution >= 0.6 is 12.6 Å². The lowest BCUT2D eigenvalue weighted by atomic mass is 9.58. The van der Waals surface area contributed by atoms with E-state index < -0.39 is 0 Å². The van der Waals surface area contributed by atoms with E-state index in [1.807, 2.05) is 5.56 Å². The number of rotatable bonds is 1. The standard InChI is InChI=1S/C20H26S/c1-11-3-6-17-19-15(11)10-18-14-5-4-13(7-8-20(17,18)19)9-16(14)12(2)21/h3,6,12-14,16,18,21H,4-5,7-10H2,1-2H3. The molecule has 0 amide bonds. The minimum atomic E-state index is 0.536. The first-order valence-corrected chi connectivity index (χ1v) is 9.46. The van der Waals surface area contributed by atoms with Crippen molar-refractivity contribution in [1.29, 1.82) is 0 Å². The molecule has 21 heavy (non-hydrogen) atoms. The van der Waals surface area contributed by atoms with Crippen LogP contribution in [0.15, 0.2) is 12.1 Å². The predicted molar refractivity (Wildman–Crippen MR) is 91.2 cm³/mol. The lowest BCUT2D eigenvalue weighted by molar-refractivity contribution is 0.0673. The molecule has 0 aliphatic heterocycles. The molecule has 0 saturated heterocycles. The van der Waals surface area contributed by atoms with Crippen molar-refractivity contribution in [3.8, 4) is 0 Å². The second-order valence-electron chi connectivity index (χ2n) is 8.35. The molecular weight excluding hydrogens is 272 g/mol. The van der Waals surface area contributed by atoms with Gasteiger partial charge in [0.25, 0.3) is 0 Å². The summed E-state index contributed by atoms with van der Waals surface area (Å²) in [7, 11) is 0. The highest BCUT2D eigenvalue weighted by atomic mass is 32.1. The zero-order valence-electron chi connectivity index (χ0n) is 13.2. The highest BCUT2D eigenvalue weighted by molar-refractivity contribution is 7.80. The predicted octanol–water partition coefficient (Wildman–Crippen LogP) is 4.91. The lowest BCUT2D eigenvalue weighted by Crippen LogP contribution is -2.42. The molecular formula is C20H26S. The topological polar surface area (TPSA) is 0 Å². The van der Waals surface area contributed by atoms with Crippen molar-refractivity contribution < 1.29 is 0 Å². The summed E-state index contributed by atoms with van der Waals surface area (Å²) in [4.78, 5) is 0. The molecule has 6 rings (SSSR count). The van der Waals surface area contributed by atoms with Gasteiger partial charge < -0.3 is 0 Å². The van der Waals surface area contributed by atoms with E-state index in [4.69, 9.17) is 12.6 Å². The molecule has 6 atom stereocenters. The van der Waals surface area contributed by atoms with Gasteiger partial charge in [0.05, 0.1) is 0 Å². The normalized spacial score (nSPS) is 43.8. The van der Waals surface area contributed by atoms with Crippen molar-refractivity contribution in [3.05, 3.63) is 34.4 Å². The van der Waals surface area contributed by atoms with Gasteiger partial charge in [-0.25, -0.2) is 0 Å². The molecule has 0 heterocycles. The first kappa shape index (κ1) is 13.0. The minimum Gasteiger partial charge on any atom is -0.176 e. The number of thiol groups is 1. The highest BCUT2D eigenvalue weighted by Crippen LogP contribution is 2.70. The molecule has 2 bridgehead atoms.